The van der Waals surface area contributed by atoms with E-state index in [4.69, 9.17) is 14.2 Å². The SMILES string of the molecule is COc1ccc(F)c(OC2CC(COc3cccc([C@](C)(C4CC4)[C@H](C)C(=O)O)c3)C2)c1. The Morgan fingerprint density at radius 2 is 1.94 bits per heavy atom. The number of aliphatic carboxylic acids is 1. The van der Waals surface area contributed by atoms with Crippen LogP contribution in [0.4, 0.5) is 4.39 Å². The number of carboxylic acids is 1. The molecule has 2 aliphatic carbocycles. The second kappa shape index (κ2) is 9.00. The van der Waals surface area contributed by atoms with Gasteiger partial charge in [-0.05, 0) is 67.3 Å². The fraction of sp³-hybridized carbons (Fsp3) is 0.500. The van der Waals surface area contributed by atoms with Gasteiger partial charge in [0.2, 0.25) is 0 Å². The van der Waals surface area contributed by atoms with E-state index in [9.17, 15) is 14.3 Å². The van der Waals surface area contributed by atoms with Gasteiger partial charge in [-0.1, -0.05) is 26.0 Å². The zero-order chi connectivity index (χ0) is 22.9. The monoisotopic (exact) mass is 442 g/mol. The third-order valence-electron chi connectivity index (χ3n) is 7.26. The van der Waals surface area contributed by atoms with Crippen molar-refractivity contribution in [2.75, 3.05) is 13.7 Å². The molecule has 1 N–H and O–H groups in total. The first kappa shape index (κ1) is 22.4. The van der Waals surface area contributed by atoms with E-state index in [1.165, 1.54) is 13.2 Å². The van der Waals surface area contributed by atoms with E-state index in [1.807, 2.05) is 24.3 Å². The summed E-state index contributed by atoms with van der Waals surface area (Å²) in [5, 5.41) is 9.64. The van der Waals surface area contributed by atoms with Crippen LogP contribution in [0.1, 0.15) is 45.1 Å². The van der Waals surface area contributed by atoms with Crippen molar-refractivity contribution in [3.8, 4) is 17.2 Å². The Kier molecular flexibility index (Phi) is 6.31. The molecule has 0 radical (unpaired) electrons. The molecule has 2 saturated carbocycles. The summed E-state index contributed by atoms with van der Waals surface area (Å²) in [6.45, 7) is 4.42. The first-order valence-electron chi connectivity index (χ1n) is 11.3. The topological polar surface area (TPSA) is 65.0 Å². The molecule has 0 saturated heterocycles. The molecule has 0 amide bonds. The van der Waals surface area contributed by atoms with Gasteiger partial charge in [0.25, 0.3) is 0 Å². The summed E-state index contributed by atoms with van der Waals surface area (Å²) >= 11 is 0. The zero-order valence-electron chi connectivity index (χ0n) is 18.8. The smallest absolute Gasteiger partial charge is 0.307 e. The fourth-order valence-electron chi connectivity index (χ4n) is 4.70. The predicted octanol–water partition coefficient (Wildman–Crippen LogP) is 5.46. The van der Waals surface area contributed by atoms with Gasteiger partial charge in [-0.25, -0.2) is 4.39 Å². The highest BCUT2D eigenvalue weighted by molar-refractivity contribution is 5.72. The average molecular weight is 443 g/mol. The van der Waals surface area contributed by atoms with Gasteiger partial charge in [-0.15, -0.1) is 0 Å². The largest absolute Gasteiger partial charge is 0.497 e. The van der Waals surface area contributed by atoms with Crippen LogP contribution >= 0.6 is 0 Å². The third-order valence-corrected chi connectivity index (χ3v) is 7.26. The molecule has 0 aliphatic heterocycles. The van der Waals surface area contributed by atoms with Crippen molar-refractivity contribution in [3.05, 3.63) is 53.8 Å². The maximum absolute atomic E-state index is 14.0. The van der Waals surface area contributed by atoms with Crippen LogP contribution in [0.5, 0.6) is 17.2 Å². The molecule has 2 aromatic rings. The lowest BCUT2D eigenvalue weighted by atomic mass is 9.69. The number of halogens is 1. The number of carboxylic acid groups (broad SMARTS) is 1. The number of hydrogen-bond acceptors (Lipinski definition) is 4. The summed E-state index contributed by atoms with van der Waals surface area (Å²) in [6, 6.07) is 12.4. The molecule has 4 rings (SSSR count). The molecule has 172 valence electrons. The second-order valence-corrected chi connectivity index (χ2v) is 9.33. The molecule has 0 spiro atoms. The lowest BCUT2D eigenvalue weighted by Crippen LogP contribution is -2.38. The molecule has 6 heteroatoms. The van der Waals surface area contributed by atoms with Crippen LogP contribution in [0.25, 0.3) is 0 Å². The van der Waals surface area contributed by atoms with E-state index in [-0.39, 0.29) is 11.9 Å². The highest BCUT2D eigenvalue weighted by Crippen LogP contribution is 2.52. The number of carbonyl (C=O) groups is 1. The zero-order valence-corrected chi connectivity index (χ0v) is 18.8. The van der Waals surface area contributed by atoms with Gasteiger partial charge in [-0.2, -0.15) is 0 Å². The third kappa shape index (κ3) is 4.54. The number of ether oxygens (including phenoxy) is 3. The minimum absolute atomic E-state index is 0.0360. The summed E-state index contributed by atoms with van der Waals surface area (Å²) < 4.78 is 30.9. The van der Waals surface area contributed by atoms with Crippen LogP contribution in [-0.4, -0.2) is 30.9 Å². The van der Waals surface area contributed by atoms with E-state index in [0.29, 0.717) is 24.2 Å². The van der Waals surface area contributed by atoms with Crippen LogP contribution in [0, 0.1) is 23.6 Å². The standard InChI is InChI=1S/C26H31FO5/c1-16(25(28)29)26(2,18-7-8-18)19-5-4-6-21(13-19)31-15-17-11-22(12-17)32-24-14-20(30-3)9-10-23(24)27/h4-6,9-10,13-14,16-18,22H,7-8,11-12,15H2,1-3H3,(H,28,29)/t16-,17?,22?,26+/m1/s1. The van der Waals surface area contributed by atoms with Crippen LogP contribution in [-0.2, 0) is 10.2 Å². The molecule has 0 heterocycles. The Morgan fingerprint density at radius 3 is 2.59 bits per heavy atom. The molecule has 5 nitrogen and oxygen atoms in total. The summed E-state index contributed by atoms with van der Waals surface area (Å²) in [5.74, 6) is 0.650. The van der Waals surface area contributed by atoms with Crippen molar-refractivity contribution in [1.82, 2.24) is 0 Å². The van der Waals surface area contributed by atoms with Gasteiger partial charge >= 0.3 is 5.97 Å². The van der Waals surface area contributed by atoms with Gasteiger partial charge in [0.15, 0.2) is 11.6 Å². The van der Waals surface area contributed by atoms with Crippen molar-refractivity contribution in [1.29, 1.82) is 0 Å². The molecule has 2 aliphatic rings. The van der Waals surface area contributed by atoms with Gasteiger partial charge in [0.05, 0.1) is 25.7 Å². The van der Waals surface area contributed by atoms with E-state index in [1.54, 1.807) is 19.1 Å². The van der Waals surface area contributed by atoms with Crippen LogP contribution in [0.15, 0.2) is 42.5 Å². The number of rotatable bonds is 10. The normalized spacial score (nSPS) is 22.9. The Hall–Kier alpha value is -2.76. The van der Waals surface area contributed by atoms with Crippen LogP contribution in [0.2, 0.25) is 0 Å². The van der Waals surface area contributed by atoms with Crippen LogP contribution in [0.3, 0.4) is 0 Å². The minimum atomic E-state index is -0.765. The van der Waals surface area contributed by atoms with Crippen molar-refractivity contribution >= 4 is 5.97 Å². The van der Waals surface area contributed by atoms with Gasteiger partial charge in [-0.3, -0.25) is 4.79 Å². The number of methoxy groups -OCH3 is 1. The first-order chi connectivity index (χ1) is 15.3. The molecule has 0 bridgehead atoms. The molecule has 2 aromatic carbocycles. The lowest BCUT2D eigenvalue weighted by molar-refractivity contribution is -0.143. The lowest BCUT2D eigenvalue weighted by Gasteiger charge is -2.36. The quantitative estimate of drug-likeness (QED) is 0.529. The van der Waals surface area contributed by atoms with E-state index in [2.05, 4.69) is 6.92 Å². The summed E-state index contributed by atoms with van der Waals surface area (Å²) in [5.41, 5.74) is 0.622. The molecule has 0 aromatic heterocycles. The Bertz CT molecular complexity index is 966. The molecular weight excluding hydrogens is 411 g/mol. The van der Waals surface area contributed by atoms with Crippen molar-refractivity contribution in [3.63, 3.8) is 0 Å². The Labute approximate surface area is 188 Å². The molecule has 32 heavy (non-hydrogen) atoms. The maximum atomic E-state index is 14.0. The first-order valence-corrected chi connectivity index (χ1v) is 11.3. The van der Waals surface area contributed by atoms with Crippen molar-refractivity contribution in [2.45, 2.75) is 51.0 Å². The van der Waals surface area contributed by atoms with Crippen LogP contribution < -0.4 is 14.2 Å². The maximum Gasteiger partial charge on any atom is 0.307 e. The van der Waals surface area contributed by atoms with Gasteiger partial charge in [0.1, 0.15) is 11.5 Å². The van der Waals surface area contributed by atoms with Gasteiger partial charge in [0, 0.05) is 11.5 Å². The van der Waals surface area contributed by atoms with Gasteiger partial charge < -0.3 is 19.3 Å². The molecule has 0 unspecified atom stereocenters. The van der Waals surface area contributed by atoms with Crippen molar-refractivity contribution in [2.24, 2.45) is 17.8 Å². The highest BCUT2D eigenvalue weighted by atomic mass is 19.1. The number of benzene rings is 2. The fourth-order valence-corrected chi connectivity index (χ4v) is 4.70. The summed E-state index contributed by atoms with van der Waals surface area (Å²) in [7, 11) is 1.54. The average Bonchev–Trinajstić information content (AvgIpc) is 3.61. The molecular formula is C26H31FO5. The Balaban J connectivity index is 1.33. The van der Waals surface area contributed by atoms with E-state index < -0.39 is 23.1 Å². The Morgan fingerprint density at radius 1 is 1.19 bits per heavy atom. The van der Waals surface area contributed by atoms with Crippen molar-refractivity contribution < 1.29 is 28.5 Å². The van der Waals surface area contributed by atoms with E-state index in [0.717, 1.165) is 37.0 Å². The predicted molar refractivity (Wildman–Crippen MR) is 119 cm³/mol. The summed E-state index contributed by atoms with van der Waals surface area (Å²) in [4.78, 5) is 11.7. The highest BCUT2D eigenvalue weighted by Gasteiger charge is 2.49. The molecule has 2 fully saturated rings. The molecule has 2 atom stereocenters. The second-order valence-electron chi connectivity index (χ2n) is 9.33. The van der Waals surface area contributed by atoms with E-state index >= 15 is 0 Å². The minimum Gasteiger partial charge on any atom is -0.497 e. The number of hydrogen-bond donors (Lipinski definition) is 1. The summed E-state index contributed by atoms with van der Waals surface area (Å²) in [6.07, 6.45) is 3.69.